The Morgan fingerprint density at radius 2 is 2.24 bits per heavy atom. The van der Waals surface area contributed by atoms with Gasteiger partial charge in [-0.15, -0.1) is 0 Å². The van der Waals surface area contributed by atoms with E-state index in [2.05, 4.69) is 10.6 Å². The molecule has 1 atom stereocenters. The molecule has 0 spiro atoms. The summed E-state index contributed by atoms with van der Waals surface area (Å²) in [4.78, 5) is 12.0. The Hall–Kier alpha value is -1.75. The molecule has 0 unspecified atom stereocenters. The average Bonchev–Trinajstić information content (AvgIpc) is 2.53. The third kappa shape index (κ3) is 4.63. The van der Waals surface area contributed by atoms with Gasteiger partial charge < -0.3 is 20.1 Å². The molecule has 2 N–H and O–H groups in total. The first-order valence-corrected chi connectivity index (χ1v) is 7.44. The van der Waals surface area contributed by atoms with Crippen molar-refractivity contribution in [3.63, 3.8) is 0 Å². The van der Waals surface area contributed by atoms with Crippen molar-refractivity contribution >= 4 is 5.91 Å². The van der Waals surface area contributed by atoms with Crippen molar-refractivity contribution in [2.24, 2.45) is 0 Å². The zero-order valence-corrected chi connectivity index (χ0v) is 12.8. The van der Waals surface area contributed by atoms with Gasteiger partial charge in [0.25, 0.3) is 0 Å². The Labute approximate surface area is 126 Å². The number of nitrogens with one attached hydrogen (secondary N) is 2. The number of carbonyl (C=O) groups is 1. The maximum atomic E-state index is 12.0. The number of benzene rings is 1. The maximum absolute atomic E-state index is 12.0. The van der Waals surface area contributed by atoms with Crippen LogP contribution in [0.5, 0.6) is 11.5 Å². The monoisotopic (exact) mass is 292 g/mol. The van der Waals surface area contributed by atoms with E-state index >= 15 is 0 Å². The molecule has 1 heterocycles. The van der Waals surface area contributed by atoms with Crippen LogP contribution in [0.15, 0.2) is 18.2 Å². The Morgan fingerprint density at radius 3 is 2.90 bits per heavy atom. The number of aryl methyl sites for hydroxylation is 1. The van der Waals surface area contributed by atoms with Crippen molar-refractivity contribution < 1.29 is 14.3 Å². The summed E-state index contributed by atoms with van der Waals surface area (Å²) in [5.41, 5.74) is 0.994. The second-order valence-corrected chi connectivity index (χ2v) is 5.29. The lowest BCUT2D eigenvalue weighted by atomic mass is 10.1. The number of amides is 1. The van der Waals surface area contributed by atoms with Gasteiger partial charge in [-0.1, -0.05) is 0 Å². The maximum Gasteiger partial charge on any atom is 0.220 e. The molecule has 2 rings (SSSR count). The third-order valence-electron chi connectivity index (χ3n) is 3.77. The Morgan fingerprint density at radius 1 is 1.38 bits per heavy atom. The van der Waals surface area contributed by atoms with E-state index in [0.717, 1.165) is 43.0 Å². The third-order valence-corrected chi connectivity index (χ3v) is 3.77. The molecular weight excluding hydrogens is 268 g/mol. The Bertz CT molecular complexity index is 471. The van der Waals surface area contributed by atoms with Crippen LogP contribution < -0.4 is 20.1 Å². The number of ether oxygens (including phenoxy) is 2. The lowest BCUT2D eigenvalue weighted by Crippen LogP contribution is -2.45. The van der Waals surface area contributed by atoms with Crippen LogP contribution in [0.1, 0.15) is 24.8 Å². The molecule has 21 heavy (non-hydrogen) atoms. The number of piperidine rings is 1. The number of rotatable bonds is 6. The second-order valence-electron chi connectivity index (χ2n) is 5.29. The fourth-order valence-electron chi connectivity index (χ4n) is 2.60. The highest BCUT2D eigenvalue weighted by atomic mass is 16.5. The van der Waals surface area contributed by atoms with Crippen LogP contribution in [0.4, 0.5) is 0 Å². The van der Waals surface area contributed by atoms with E-state index in [4.69, 9.17) is 9.47 Å². The van der Waals surface area contributed by atoms with Gasteiger partial charge in [0, 0.05) is 19.0 Å². The molecule has 0 aromatic heterocycles. The molecule has 5 heteroatoms. The van der Waals surface area contributed by atoms with E-state index < -0.39 is 0 Å². The first-order valence-electron chi connectivity index (χ1n) is 7.44. The van der Waals surface area contributed by atoms with Crippen LogP contribution in [-0.4, -0.2) is 39.3 Å². The number of methoxy groups -OCH3 is 2. The molecule has 0 saturated carbocycles. The predicted octanol–water partition coefficient (Wildman–Crippen LogP) is 1.50. The number of carbonyl (C=O) groups excluding carboxylic acids is 1. The quantitative estimate of drug-likeness (QED) is 0.834. The van der Waals surface area contributed by atoms with E-state index in [-0.39, 0.29) is 11.9 Å². The molecule has 1 fully saturated rings. The molecule has 1 aliphatic rings. The number of hydrogen-bond donors (Lipinski definition) is 2. The largest absolute Gasteiger partial charge is 0.497 e. The van der Waals surface area contributed by atoms with Gasteiger partial charge in [0.1, 0.15) is 11.5 Å². The smallest absolute Gasteiger partial charge is 0.220 e. The van der Waals surface area contributed by atoms with Gasteiger partial charge in [0.05, 0.1) is 14.2 Å². The summed E-state index contributed by atoms with van der Waals surface area (Å²) in [5, 5.41) is 6.38. The minimum atomic E-state index is 0.0913. The average molecular weight is 292 g/mol. The zero-order valence-electron chi connectivity index (χ0n) is 12.8. The van der Waals surface area contributed by atoms with Crippen molar-refractivity contribution in [2.45, 2.75) is 31.7 Å². The highest BCUT2D eigenvalue weighted by molar-refractivity contribution is 5.76. The summed E-state index contributed by atoms with van der Waals surface area (Å²) in [5.74, 6) is 1.67. The Kier molecular flexibility index (Phi) is 5.87. The van der Waals surface area contributed by atoms with E-state index in [0.29, 0.717) is 12.8 Å². The minimum Gasteiger partial charge on any atom is -0.497 e. The van der Waals surface area contributed by atoms with Crippen molar-refractivity contribution in [3.05, 3.63) is 23.8 Å². The second kappa shape index (κ2) is 7.88. The molecule has 0 radical (unpaired) electrons. The van der Waals surface area contributed by atoms with Gasteiger partial charge in [-0.3, -0.25) is 4.79 Å². The predicted molar refractivity (Wildman–Crippen MR) is 81.9 cm³/mol. The zero-order chi connectivity index (χ0) is 15.1. The molecule has 1 aromatic carbocycles. The van der Waals surface area contributed by atoms with Gasteiger partial charge in [-0.05, 0) is 49.6 Å². The molecule has 5 nitrogen and oxygen atoms in total. The molecule has 1 aliphatic heterocycles. The van der Waals surface area contributed by atoms with E-state index in [1.807, 2.05) is 18.2 Å². The van der Waals surface area contributed by atoms with Crippen LogP contribution in [0.25, 0.3) is 0 Å². The highest BCUT2D eigenvalue weighted by Gasteiger charge is 2.15. The van der Waals surface area contributed by atoms with Crippen LogP contribution in [0.3, 0.4) is 0 Å². The van der Waals surface area contributed by atoms with Gasteiger partial charge in [-0.2, -0.15) is 0 Å². The van der Waals surface area contributed by atoms with Gasteiger partial charge in [0.15, 0.2) is 0 Å². The van der Waals surface area contributed by atoms with Gasteiger partial charge in [0.2, 0.25) is 5.91 Å². The van der Waals surface area contributed by atoms with Gasteiger partial charge in [-0.25, -0.2) is 0 Å². The first kappa shape index (κ1) is 15.6. The minimum absolute atomic E-state index is 0.0913. The van der Waals surface area contributed by atoms with Crippen molar-refractivity contribution in [3.8, 4) is 11.5 Å². The normalized spacial score (nSPS) is 18.1. The van der Waals surface area contributed by atoms with Crippen LogP contribution >= 0.6 is 0 Å². The van der Waals surface area contributed by atoms with Gasteiger partial charge >= 0.3 is 0 Å². The van der Waals surface area contributed by atoms with Crippen molar-refractivity contribution in [2.75, 3.05) is 27.3 Å². The van der Waals surface area contributed by atoms with E-state index in [1.165, 1.54) is 0 Å². The summed E-state index contributed by atoms with van der Waals surface area (Å²) >= 11 is 0. The summed E-state index contributed by atoms with van der Waals surface area (Å²) in [7, 11) is 3.27. The SMILES string of the molecule is COc1ccc(OC)c(CCC(=O)N[C@H]2CCCNC2)c1. The lowest BCUT2D eigenvalue weighted by Gasteiger charge is -2.23. The summed E-state index contributed by atoms with van der Waals surface area (Å²) in [6, 6.07) is 5.92. The summed E-state index contributed by atoms with van der Waals surface area (Å²) < 4.78 is 10.5. The molecule has 1 aromatic rings. The van der Waals surface area contributed by atoms with Crippen LogP contribution in [0, 0.1) is 0 Å². The molecule has 1 amide bonds. The fourth-order valence-corrected chi connectivity index (χ4v) is 2.60. The number of hydrogen-bond acceptors (Lipinski definition) is 4. The molecule has 1 saturated heterocycles. The first-order chi connectivity index (χ1) is 10.2. The van der Waals surface area contributed by atoms with Crippen molar-refractivity contribution in [1.82, 2.24) is 10.6 Å². The summed E-state index contributed by atoms with van der Waals surface area (Å²) in [6.45, 7) is 1.92. The standard InChI is InChI=1S/C16H24N2O3/c1-20-14-6-7-15(21-2)12(10-14)5-8-16(19)18-13-4-3-9-17-11-13/h6-7,10,13,17H,3-5,8-9,11H2,1-2H3,(H,18,19)/t13-/m0/s1. The van der Waals surface area contributed by atoms with E-state index in [9.17, 15) is 4.79 Å². The highest BCUT2D eigenvalue weighted by Crippen LogP contribution is 2.25. The van der Waals surface area contributed by atoms with Crippen LogP contribution in [0.2, 0.25) is 0 Å². The fraction of sp³-hybridized carbons (Fsp3) is 0.562. The van der Waals surface area contributed by atoms with Crippen molar-refractivity contribution in [1.29, 1.82) is 0 Å². The Balaban J connectivity index is 1.87. The summed E-state index contributed by atoms with van der Waals surface area (Å²) in [6.07, 6.45) is 3.28. The van der Waals surface area contributed by atoms with E-state index in [1.54, 1.807) is 14.2 Å². The topological polar surface area (TPSA) is 59.6 Å². The lowest BCUT2D eigenvalue weighted by molar-refractivity contribution is -0.121. The molecular formula is C16H24N2O3. The van der Waals surface area contributed by atoms with Crippen LogP contribution in [-0.2, 0) is 11.2 Å². The molecule has 0 bridgehead atoms. The molecule has 0 aliphatic carbocycles. The molecule has 116 valence electrons.